The Balaban J connectivity index is 2.47. The molecule has 0 aliphatic rings. The van der Waals surface area contributed by atoms with Crippen LogP contribution in [0.2, 0.25) is 0 Å². The molecular formula is C12H12BrN. The summed E-state index contributed by atoms with van der Waals surface area (Å²) < 4.78 is 3.37. The number of rotatable bonds is 2. The summed E-state index contributed by atoms with van der Waals surface area (Å²) in [5.41, 5.74) is 1.28. The van der Waals surface area contributed by atoms with E-state index in [9.17, 15) is 0 Å². The molecule has 1 nitrogen and oxygen atoms in total. The van der Waals surface area contributed by atoms with Crippen LogP contribution < -0.4 is 0 Å². The van der Waals surface area contributed by atoms with Crippen molar-refractivity contribution in [2.45, 2.75) is 13.5 Å². The molecule has 1 aromatic heterocycles. The van der Waals surface area contributed by atoms with Crippen LogP contribution in [0.15, 0.2) is 47.1 Å². The standard InChI is InChI=1S/C12H12BrN/c1-2-3-7-14-8-6-10-9-11(13)4-5-12(10)14/h2-6,8-9H,7H2,1H3/b3-2+. The van der Waals surface area contributed by atoms with Crippen LogP contribution in [0.25, 0.3) is 10.9 Å². The first-order chi connectivity index (χ1) is 6.81. The molecule has 0 saturated heterocycles. The minimum atomic E-state index is 0.946. The maximum atomic E-state index is 3.47. The van der Waals surface area contributed by atoms with E-state index in [4.69, 9.17) is 0 Å². The van der Waals surface area contributed by atoms with E-state index in [-0.39, 0.29) is 0 Å². The lowest BCUT2D eigenvalue weighted by Crippen LogP contribution is -1.91. The first-order valence-electron chi connectivity index (χ1n) is 4.67. The number of nitrogens with zero attached hydrogens (tertiary/aromatic N) is 1. The molecule has 1 heterocycles. The minimum absolute atomic E-state index is 0.946. The number of halogens is 1. The summed E-state index contributed by atoms with van der Waals surface area (Å²) in [6.45, 7) is 2.99. The molecule has 0 spiro atoms. The summed E-state index contributed by atoms with van der Waals surface area (Å²) in [6.07, 6.45) is 6.35. The highest BCUT2D eigenvalue weighted by Crippen LogP contribution is 2.20. The van der Waals surface area contributed by atoms with Crippen molar-refractivity contribution in [2.24, 2.45) is 0 Å². The van der Waals surface area contributed by atoms with Gasteiger partial charge in [0, 0.05) is 28.1 Å². The molecule has 0 N–H and O–H groups in total. The molecule has 2 aromatic rings. The smallest absolute Gasteiger partial charge is 0.0483 e. The molecule has 0 aliphatic heterocycles. The molecule has 2 rings (SSSR count). The lowest BCUT2D eigenvalue weighted by atomic mass is 10.2. The van der Waals surface area contributed by atoms with Gasteiger partial charge in [0.25, 0.3) is 0 Å². The third-order valence-corrected chi connectivity index (χ3v) is 2.76. The van der Waals surface area contributed by atoms with Crippen LogP contribution >= 0.6 is 15.9 Å². The van der Waals surface area contributed by atoms with E-state index in [1.165, 1.54) is 10.9 Å². The monoisotopic (exact) mass is 249 g/mol. The van der Waals surface area contributed by atoms with Crippen LogP contribution in [-0.4, -0.2) is 4.57 Å². The minimum Gasteiger partial charge on any atom is -0.344 e. The molecule has 0 atom stereocenters. The Labute approximate surface area is 92.2 Å². The maximum absolute atomic E-state index is 3.47. The predicted octanol–water partition coefficient (Wildman–Crippen LogP) is 3.98. The van der Waals surface area contributed by atoms with Gasteiger partial charge in [0.2, 0.25) is 0 Å². The van der Waals surface area contributed by atoms with Crippen molar-refractivity contribution < 1.29 is 0 Å². The molecular weight excluding hydrogens is 238 g/mol. The van der Waals surface area contributed by atoms with Crippen LogP contribution in [0.1, 0.15) is 6.92 Å². The third kappa shape index (κ3) is 1.75. The van der Waals surface area contributed by atoms with Crippen molar-refractivity contribution in [1.82, 2.24) is 4.57 Å². The highest BCUT2D eigenvalue weighted by molar-refractivity contribution is 9.10. The van der Waals surface area contributed by atoms with E-state index in [0.717, 1.165) is 11.0 Å². The summed E-state index contributed by atoms with van der Waals surface area (Å²) in [5, 5.41) is 1.28. The van der Waals surface area contributed by atoms with Crippen molar-refractivity contribution >= 4 is 26.8 Å². The zero-order chi connectivity index (χ0) is 9.97. The second-order valence-electron chi connectivity index (χ2n) is 3.24. The van der Waals surface area contributed by atoms with E-state index in [1.54, 1.807) is 0 Å². The largest absolute Gasteiger partial charge is 0.344 e. The Hall–Kier alpha value is -1.02. The fourth-order valence-electron chi connectivity index (χ4n) is 1.55. The molecule has 0 unspecified atom stereocenters. The third-order valence-electron chi connectivity index (χ3n) is 2.27. The van der Waals surface area contributed by atoms with Crippen LogP contribution in [0.4, 0.5) is 0 Å². The summed E-state index contributed by atoms with van der Waals surface area (Å²) in [7, 11) is 0. The number of hydrogen-bond acceptors (Lipinski definition) is 0. The molecule has 0 radical (unpaired) electrons. The van der Waals surface area contributed by atoms with Gasteiger partial charge in [0.15, 0.2) is 0 Å². The van der Waals surface area contributed by atoms with E-state index in [2.05, 4.69) is 63.1 Å². The molecule has 0 fully saturated rings. The van der Waals surface area contributed by atoms with Crippen molar-refractivity contribution in [3.63, 3.8) is 0 Å². The highest BCUT2D eigenvalue weighted by Gasteiger charge is 1.99. The van der Waals surface area contributed by atoms with Crippen LogP contribution in [0.5, 0.6) is 0 Å². The number of benzene rings is 1. The van der Waals surface area contributed by atoms with Crippen LogP contribution in [-0.2, 0) is 6.54 Å². The Morgan fingerprint density at radius 1 is 1.36 bits per heavy atom. The molecule has 0 amide bonds. The van der Waals surface area contributed by atoms with E-state index < -0.39 is 0 Å². The number of aromatic nitrogens is 1. The zero-order valence-corrected chi connectivity index (χ0v) is 9.66. The van der Waals surface area contributed by atoms with Crippen molar-refractivity contribution in [1.29, 1.82) is 0 Å². The van der Waals surface area contributed by atoms with Gasteiger partial charge in [-0.05, 0) is 31.2 Å². The van der Waals surface area contributed by atoms with Gasteiger partial charge in [-0.3, -0.25) is 0 Å². The molecule has 1 aromatic carbocycles. The summed E-state index contributed by atoms with van der Waals surface area (Å²) in [6, 6.07) is 8.50. The fourth-order valence-corrected chi connectivity index (χ4v) is 1.93. The van der Waals surface area contributed by atoms with Crippen LogP contribution in [0.3, 0.4) is 0 Å². The number of allylic oxidation sites excluding steroid dienone is 2. The topological polar surface area (TPSA) is 4.93 Å². The Kier molecular flexibility index (Phi) is 2.73. The SMILES string of the molecule is C/C=C/Cn1ccc2cc(Br)ccc21. The van der Waals surface area contributed by atoms with Gasteiger partial charge in [0.05, 0.1) is 0 Å². The predicted molar refractivity (Wildman–Crippen MR) is 64.5 cm³/mol. The average Bonchev–Trinajstić information content (AvgIpc) is 2.57. The maximum Gasteiger partial charge on any atom is 0.0483 e. The van der Waals surface area contributed by atoms with Gasteiger partial charge in [0.1, 0.15) is 0 Å². The molecule has 14 heavy (non-hydrogen) atoms. The van der Waals surface area contributed by atoms with E-state index in [0.29, 0.717) is 0 Å². The van der Waals surface area contributed by atoms with Gasteiger partial charge in [-0.25, -0.2) is 0 Å². The first kappa shape index (κ1) is 9.53. The summed E-state index contributed by atoms with van der Waals surface area (Å²) in [5.74, 6) is 0. The number of hydrogen-bond donors (Lipinski definition) is 0. The molecule has 0 saturated carbocycles. The molecule has 72 valence electrons. The lowest BCUT2D eigenvalue weighted by molar-refractivity contribution is 0.862. The second-order valence-corrected chi connectivity index (χ2v) is 4.16. The summed E-state index contributed by atoms with van der Waals surface area (Å²) >= 11 is 3.47. The Bertz CT molecular complexity index is 468. The van der Waals surface area contributed by atoms with Crippen LogP contribution in [0, 0.1) is 0 Å². The Morgan fingerprint density at radius 3 is 3.00 bits per heavy atom. The number of fused-ring (bicyclic) bond motifs is 1. The lowest BCUT2D eigenvalue weighted by Gasteiger charge is -2.00. The van der Waals surface area contributed by atoms with Gasteiger partial charge >= 0.3 is 0 Å². The summed E-state index contributed by atoms with van der Waals surface area (Å²) in [4.78, 5) is 0. The highest BCUT2D eigenvalue weighted by atomic mass is 79.9. The van der Waals surface area contributed by atoms with Crippen molar-refractivity contribution in [2.75, 3.05) is 0 Å². The van der Waals surface area contributed by atoms with Gasteiger partial charge in [-0.1, -0.05) is 28.1 Å². The second kappa shape index (κ2) is 4.01. The average molecular weight is 250 g/mol. The zero-order valence-electron chi connectivity index (χ0n) is 8.07. The molecule has 2 heteroatoms. The normalized spacial score (nSPS) is 11.6. The van der Waals surface area contributed by atoms with Gasteiger partial charge in [-0.2, -0.15) is 0 Å². The van der Waals surface area contributed by atoms with Crippen molar-refractivity contribution in [3.05, 3.63) is 47.1 Å². The van der Waals surface area contributed by atoms with Gasteiger partial charge in [-0.15, -0.1) is 0 Å². The Morgan fingerprint density at radius 2 is 2.21 bits per heavy atom. The van der Waals surface area contributed by atoms with Gasteiger partial charge < -0.3 is 4.57 Å². The van der Waals surface area contributed by atoms with E-state index in [1.807, 2.05) is 6.92 Å². The molecule has 0 aliphatic carbocycles. The fraction of sp³-hybridized carbons (Fsp3) is 0.167. The molecule has 0 bridgehead atoms. The quantitative estimate of drug-likeness (QED) is 0.710. The first-order valence-corrected chi connectivity index (χ1v) is 5.46. The van der Waals surface area contributed by atoms with Crippen molar-refractivity contribution in [3.8, 4) is 0 Å². The van der Waals surface area contributed by atoms with E-state index >= 15 is 0 Å².